The molecular weight excluding hydrogens is 236 g/mol. The number of nitrogens with zero attached hydrogens (tertiary/aromatic N) is 1. The third kappa shape index (κ3) is 3.42. The van der Waals surface area contributed by atoms with Crippen molar-refractivity contribution in [3.63, 3.8) is 0 Å². The molecule has 13 heavy (non-hydrogen) atoms. The fraction of sp³-hybridized carbons (Fsp3) is 0.250. The lowest BCUT2D eigenvalue weighted by molar-refractivity contribution is -0.384. The summed E-state index contributed by atoms with van der Waals surface area (Å²) < 4.78 is 0.670. The first-order valence-corrected chi connectivity index (χ1v) is 4.60. The van der Waals surface area contributed by atoms with Gasteiger partial charge in [0.25, 0.3) is 5.69 Å². The molecule has 1 rings (SSSR count). The molecule has 0 aliphatic heterocycles. The molecule has 5 heteroatoms. The molecule has 0 saturated heterocycles. The lowest BCUT2D eigenvalue weighted by Crippen LogP contribution is -1.91. The van der Waals surface area contributed by atoms with E-state index in [4.69, 9.17) is 5.73 Å². The van der Waals surface area contributed by atoms with Gasteiger partial charge in [-0.1, -0.05) is 13.8 Å². The van der Waals surface area contributed by atoms with Gasteiger partial charge in [0, 0.05) is 16.6 Å². The van der Waals surface area contributed by atoms with Crippen LogP contribution in [0.25, 0.3) is 0 Å². The molecule has 0 radical (unpaired) electrons. The minimum Gasteiger partial charge on any atom is -0.398 e. The Morgan fingerprint density at radius 2 is 2.00 bits per heavy atom. The van der Waals surface area contributed by atoms with Crippen LogP contribution in [0.1, 0.15) is 13.8 Å². The van der Waals surface area contributed by atoms with Gasteiger partial charge in [-0.05, 0) is 22.0 Å². The van der Waals surface area contributed by atoms with Crippen molar-refractivity contribution in [2.24, 2.45) is 0 Å². The molecule has 0 fully saturated rings. The number of hydrogen-bond acceptors (Lipinski definition) is 3. The van der Waals surface area contributed by atoms with Gasteiger partial charge in [-0.25, -0.2) is 0 Å². The van der Waals surface area contributed by atoms with Crippen LogP contribution in [0.2, 0.25) is 0 Å². The quantitative estimate of drug-likeness (QED) is 0.471. The highest BCUT2D eigenvalue weighted by Crippen LogP contribution is 2.23. The van der Waals surface area contributed by atoms with Crippen LogP contribution in [-0.4, -0.2) is 4.92 Å². The number of nitrogen functional groups attached to an aromatic ring is 1. The standard InChI is InChI=1S/C6H5BrN2O2.C2H6/c7-5-2-1-4(9(10)11)3-6(5)8;1-2/h1-3H,8H2;1-2H3. The Balaban J connectivity index is 0.000000671. The summed E-state index contributed by atoms with van der Waals surface area (Å²) in [4.78, 5) is 9.72. The summed E-state index contributed by atoms with van der Waals surface area (Å²) in [6, 6.07) is 4.25. The van der Waals surface area contributed by atoms with Crippen molar-refractivity contribution < 1.29 is 4.92 Å². The molecule has 0 atom stereocenters. The number of hydrogen-bond donors (Lipinski definition) is 1. The first kappa shape index (κ1) is 11.9. The maximum atomic E-state index is 10.2. The summed E-state index contributed by atoms with van der Waals surface area (Å²) >= 11 is 3.13. The Labute approximate surface area is 85.0 Å². The molecule has 4 nitrogen and oxygen atoms in total. The molecule has 1 aromatic carbocycles. The van der Waals surface area contributed by atoms with Gasteiger partial charge in [0.2, 0.25) is 0 Å². The summed E-state index contributed by atoms with van der Waals surface area (Å²) in [5, 5.41) is 10.2. The summed E-state index contributed by atoms with van der Waals surface area (Å²) in [5.41, 5.74) is 5.79. The van der Waals surface area contributed by atoms with E-state index in [1.165, 1.54) is 12.1 Å². The molecule has 1 aromatic rings. The van der Waals surface area contributed by atoms with E-state index in [2.05, 4.69) is 15.9 Å². The van der Waals surface area contributed by atoms with Crippen molar-refractivity contribution in [1.29, 1.82) is 0 Å². The summed E-state index contributed by atoms with van der Waals surface area (Å²) in [6.07, 6.45) is 0. The van der Waals surface area contributed by atoms with Gasteiger partial charge >= 0.3 is 0 Å². The number of halogens is 1. The predicted molar refractivity (Wildman–Crippen MR) is 56.6 cm³/mol. The van der Waals surface area contributed by atoms with Gasteiger partial charge in [-0.3, -0.25) is 10.1 Å². The number of rotatable bonds is 1. The first-order valence-electron chi connectivity index (χ1n) is 3.80. The fourth-order valence-corrected chi connectivity index (χ4v) is 0.891. The number of nitro benzene ring substituents is 1. The average molecular weight is 247 g/mol. The van der Waals surface area contributed by atoms with E-state index in [9.17, 15) is 10.1 Å². The normalized spacial score (nSPS) is 8.54. The van der Waals surface area contributed by atoms with Crippen LogP contribution in [0.4, 0.5) is 11.4 Å². The summed E-state index contributed by atoms with van der Waals surface area (Å²) in [6.45, 7) is 4.00. The Morgan fingerprint density at radius 3 is 2.38 bits per heavy atom. The lowest BCUT2D eigenvalue weighted by Gasteiger charge is -1.95. The van der Waals surface area contributed by atoms with Crippen molar-refractivity contribution >= 4 is 27.3 Å². The fourth-order valence-electron chi connectivity index (χ4n) is 0.645. The Hall–Kier alpha value is -1.10. The molecule has 0 aromatic heterocycles. The maximum absolute atomic E-state index is 10.2. The SMILES string of the molecule is CC.Nc1cc([N+](=O)[O-])ccc1Br. The van der Waals surface area contributed by atoms with Gasteiger partial charge < -0.3 is 5.73 Å². The number of nitro groups is 1. The van der Waals surface area contributed by atoms with E-state index >= 15 is 0 Å². The van der Waals surface area contributed by atoms with Crippen LogP contribution >= 0.6 is 15.9 Å². The molecule has 0 aliphatic carbocycles. The van der Waals surface area contributed by atoms with Crippen LogP contribution in [0.3, 0.4) is 0 Å². The highest BCUT2D eigenvalue weighted by molar-refractivity contribution is 9.10. The molecule has 0 heterocycles. The topological polar surface area (TPSA) is 69.2 Å². The number of anilines is 1. The third-order valence-corrected chi connectivity index (χ3v) is 1.91. The van der Waals surface area contributed by atoms with Gasteiger partial charge in [-0.2, -0.15) is 0 Å². The van der Waals surface area contributed by atoms with Crippen molar-refractivity contribution in [1.82, 2.24) is 0 Å². The van der Waals surface area contributed by atoms with Crippen LogP contribution in [0, 0.1) is 10.1 Å². The van der Waals surface area contributed by atoms with Crippen LogP contribution < -0.4 is 5.73 Å². The van der Waals surface area contributed by atoms with E-state index in [0.29, 0.717) is 10.2 Å². The second kappa shape index (κ2) is 5.53. The molecular formula is C8H11BrN2O2. The molecule has 0 bridgehead atoms. The zero-order valence-corrected chi connectivity index (χ0v) is 9.04. The van der Waals surface area contributed by atoms with Gasteiger partial charge in [0.05, 0.1) is 10.6 Å². The molecule has 0 unspecified atom stereocenters. The van der Waals surface area contributed by atoms with Gasteiger partial charge in [0.1, 0.15) is 0 Å². The summed E-state index contributed by atoms with van der Waals surface area (Å²) in [7, 11) is 0. The number of nitrogens with two attached hydrogens (primary N) is 1. The van der Waals surface area contributed by atoms with E-state index in [1.54, 1.807) is 6.07 Å². The Morgan fingerprint density at radius 1 is 1.46 bits per heavy atom. The minimum absolute atomic E-state index is 0.00528. The monoisotopic (exact) mass is 246 g/mol. The highest BCUT2D eigenvalue weighted by atomic mass is 79.9. The van der Waals surface area contributed by atoms with Crippen molar-refractivity contribution in [3.05, 3.63) is 32.8 Å². The first-order chi connectivity index (χ1) is 6.11. The van der Waals surface area contributed by atoms with Crippen molar-refractivity contribution in [2.75, 3.05) is 5.73 Å². The van der Waals surface area contributed by atoms with Gasteiger partial charge in [0.15, 0.2) is 0 Å². The van der Waals surface area contributed by atoms with Crippen LogP contribution in [-0.2, 0) is 0 Å². The number of non-ortho nitro benzene ring substituents is 1. The smallest absolute Gasteiger partial charge is 0.271 e. The second-order valence-corrected chi connectivity index (χ2v) is 2.82. The van der Waals surface area contributed by atoms with E-state index in [-0.39, 0.29) is 5.69 Å². The molecule has 2 N–H and O–H groups in total. The molecule has 0 spiro atoms. The lowest BCUT2D eigenvalue weighted by atomic mass is 10.3. The summed E-state index contributed by atoms with van der Waals surface area (Å²) in [5.74, 6) is 0. The number of benzene rings is 1. The van der Waals surface area contributed by atoms with E-state index in [1.807, 2.05) is 13.8 Å². The molecule has 72 valence electrons. The molecule has 0 aliphatic rings. The van der Waals surface area contributed by atoms with Crippen molar-refractivity contribution in [3.8, 4) is 0 Å². The van der Waals surface area contributed by atoms with E-state index < -0.39 is 4.92 Å². The maximum Gasteiger partial charge on any atom is 0.271 e. The van der Waals surface area contributed by atoms with E-state index in [0.717, 1.165) is 0 Å². The zero-order valence-electron chi connectivity index (χ0n) is 7.45. The van der Waals surface area contributed by atoms with Gasteiger partial charge in [-0.15, -0.1) is 0 Å². The average Bonchev–Trinajstić information content (AvgIpc) is 2.13. The van der Waals surface area contributed by atoms with Crippen molar-refractivity contribution in [2.45, 2.75) is 13.8 Å². The second-order valence-electron chi connectivity index (χ2n) is 1.96. The Bertz CT molecular complexity index is 302. The minimum atomic E-state index is -0.483. The van der Waals surface area contributed by atoms with Crippen LogP contribution in [0.5, 0.6) is 0 Å². The largest absolute Gasteiger partial charge is 0.398 e. The van der Waals surface area contributed by atoms with Crippen LogP contribution in [0.15, 0.2) is 22.7 Å². The highest BCUT2D eigenvalue weighted by Gasteiger charge is 2.05. The third-order valence-electron chi connectivity index (χ3n) is 1.19. The zero-order chi connectivity index (χ0) is 10.4. The predicted octanol–water partition coefficient (Wildman–Crippen LogP) is 2.97. The Kier molecular flexibility index (Phi) is 5.06. The molecule has 0 saturated carbocycles. The molecule has 0 amide bonds.